The lowest BCUT2D eigenvalue weighted by Gasteiger charge is -2.45. The number of hydrogen-bond donors (Lipinski definition) is 5. The number of halogens is 7. The molecule has 3 amide bonds. The summed E-state index contributed by atoms with van der Waals surface area (Å²) in [6, 6.07) is 73.3. The number of nitrogens with zero attached hydrogens (tertiary/aromatic N) is 4. The van der Waals surface area contributed by atoms with Gasteiger partial charge in [0.2, 0.25) is 17.7 Å². The monoisotopic (exact) mass is 1740 g/mol. The lowest BCUT2D eigenvalue weighted by Crippen LogP contribution is -2.54. The fraction of sp³-hybridized carbons (Fsp3) is 0.320. The minimum Gasteiger partial charge on any atom is -0.360 e. The third-order valence-corrected chi connectivity index (χ3v) is 25.8. The van der Waals surface area contributed by atoms with Gasteiger partial charge in [-0.05, 0) is 213 Å². The van der Waals surface area contributed by atoms with Crippen LogP contribution in [0.1, 0.15) is 152 Å². The van der Waals surface area contributed by atoms with Gasteiger partial charge in [-0.3, -0.25) is 39.5 Å². The molecule has 10 aromatic rings. The summed E-state index contributed by atoms with van der Waals surface area (Å²) in [4.78, 5) is 69.8. The summed E-state index contributed by atoms with van der Waals surface area (Å²) in [6.45, 7) is 9.71. The topological polar surface area (TPSA) is 188 Å². The van der Waals surface area contributed by atoms with Crippen LogP contribution >= 0.6 is 62.3 Å². The van der Waals surface area contributed by atoms with Crippen molar-refractivity contribution in [1.82, 2.24) is 25.3 Å². The summed E-state index contributed by atoms with van der Waals surface area (Å²) in [7, 11) is 0. The number of carbonyl (C=O) groups is 5. The number of hydrogen-bond acceptors (Lipinski definition) is 12. The highest BCUT2D eigenvalue weighted by atomic mass is 79.9. The molecule has 0 atom stereocenters. The van der Waals surface area contributed by atoms with E-state index in [1.54, 1.807) is 38.1 Å². The Balaban J connectivity index is 0.000000155. The molecule has 5 N–H and O–H groups in total. The molecule has 10 aromatic carbocycles. The van der Waals surface area contributed by atoms with E-state index in [4.69, 9.17) is 51.1 Å². The molecule has 0 spiro atoms. The number of Topliss-reactive ketones (excluding diaryl/α,β-unsaturated/α-hetero) is 2. The van der Waals surface area contributed by atoms with Gasteiger partial charge in [-0.15, -0.1) is 0 Å². The van der Waals surface area contributed by atoms with Crippen LogP contribution < -0.4 is 26.6 Å². The maximum absolute atomic E-state index is 13.5. The number of benzene rings is 10. The van der Waals surface area contributed by atoms with Crippen molar-refractivity contribution in [2.75, 3.05) is 74.9 Å². The van der Waals surface area contributed by atoms with E-state index in [2.05, 4.69) is 154 Å². The van der Waals surface area contributed by atoms with E-state index >= 15 is 0 Å². The van der Waals surface area contributed by atoms with Gasteiger partial charge in [0.1, 0.15) is 18.2 Å². The summed E-state index contributed by atoms with van der Waals surface area (Å²) in [5.41, 5.74) is 13.0. The second-order valence-corrected chi connectivity index (χ2v) is 34.3. The van der Waals surface area contributed by atoms with Gasteiger partial charge < -0.3 is 30.5 Å². The van der Waals surface area contributed by atoms with Gasteiger partial charge in [-0.25, -0.2) is 8.78 Å². The second kappa shape index (κ2) is 40.8. The molecule has 5 fully saturated rings. The standard InChI is InChI=1S/C33H28BrCl2N3O2.2C32H35ClFN3O2/c34-31-7-2-1-5-26(31)21-39-14-12-33(13-15-39,41-22-32(40)38-30-18-28(35)17-29(36)19-30)27-10-8-24(9-11-27)25-6-3-4-23(16-25)20-37;1-22(38)24-5-4-6-25(19-24)23-9-11-26(12-10-23)32(15-17-37(18-16-32)28-7-2-3-8-28)35-21-31(39)36-27-13-14-30(34)29(33)20-27;1-22(38)23-6-8-24(9-7-23)25-10-12-26(13-11-25)32(16-18-37(19-17-32)28-4-2-3-5-28)35-21-31(39)36-27-14-15-30(34)29(33)20-27/h1-11,16-19H,12-15,21-22H2,(H,38,40);4-6,9-14,19-20,28,35H,2-3,7-8,15-18,21H2,1H3,(H,36,39);6-15,20,28,35H,2-5,16-19,21H2,1H3,(H,36,39). The van der Waals surface area contributed by atoms with Crippen molar-refractivity contribution in [3.8, 4) is 39.4 Å². The van der Waals surface area contributed by atoms with Gasteiger partial charge in [0.15, 0.2) is 11.6 Å². The second-order valence-electron chi connectivity index (χ2n) is 31.7. The Morgan fingerprint density at radius 2 is 0.891 bits per heavy atom. The van der Waals surface area contributed by atoms with Crippen LogP contribution in [-0.4, -0.2) is 115 Å². The van der Waals surface area contributed by atoms with Gasteiger partial charge in [0.25, 0.3) is 0 Å². The number of nitriles is 1. The highest BCUT2D eigenvalue weighted by molar-refractivity contribution is 9.10. The molecule has 0 aromatic heterocycles. The molecule has 3 saturated heterocycles. The van der Waals surface area contributed by atoms with E-state index in [0.717, 1.165) is 139 Å². The van der Waals surface area contributed by atoms with Crippen LogP contribution in [0, 0.1) is 23.0 Å². The summed E-state index contributed by atoms with van der Waals surface area (Å²) in [5, 5.41) is 25.8. The van der Waals surface area contributed by atoms with Crippen molar-refractivity contribution >= 4 is 109 Å². The van der Waals surface area contributed by atoms with Gasteiger partial charge in [0, 0.05) is 112 Å². The summed E-state index contributed by atoms with van der Waals surface area (Å²) in [5.74, 6) is -1.60. The first-order valence-electron chi connectivity index (χ1n) is 40.9. The fourth-order valence-electron chi connectivity index (χ4n) is 17.3. The zero-order valence-electron chi connectivity index (χ0n) is 66.9. The largest absolute Gasteiger partial charge is 0.360 e. The number of carbonyl (C=O) groups excluding carboxylic acids is 5. The van der Waals surface area contributed by atoms with E-state index in [9.17, 15) is 38.0 Å². The first-order valence-corrected chi connectivity index (χ1v) is 43.2. The minimum absolute atomic E-state index is 0.0208. The third-order valence-electron chi connectivity index (χ3n) is 24.0. The maximum Gasteiger partial charge on any atom is 0.250 e. The van der Waals surface area contributed by atoms with E-state index in [0.29, 0.717) is 55.9 Å². The number of ketones is 2. The van der Waals surface area contributed by atoms with Crippen molar-refractivity contribution < 1.29 is 37.5 Å². The molecule has 22 heteroatoms. The van der Waals surface area contributed by atoms with Crippen LogP contribution in [-0.2, 0) is 42.3 Å². The van der Waals surface area contributed by atoms with Crippen LogP contribution in [0.4, 0.5) is 25.8 Å². The smallest absolute Gasteiger partial charge is 0.250 e. The van der Waals surface area contributed by atoms with Crippen LogP contribution in [0.5, 0.6) is 0 Å². The highest BCUT2D eigenvalue weighted by Gasteiger charge is 2.42. The van der Waals surface area contributed by atoms with Crippen LogP contribution in [0.3, 0.4) is 0 Å². The lowest BCUT2D eigenvalue weighted by atomic mass is 9.79. The van der Waals surface area contributed by atoms with E-state index in [1.807, 2.05) is 72.8 Å². The molecule has 3 heterocycles. The summed E-state index contributed by atoms with van der Waals surface area (Å²) in [6.07, 6.45) is 15.4. The molecule has 5 aliphatic rings. The average Bonchev–Trinajstić information content (AvgIpc) is 0.972. The fourth-order valence-corrected chi connectivity index (χ4v) is 18.6. The lowest BCUT2D eigenvalue weighted by molar-refractivity contribution is -0.135. The predicted octanol–water partition coefficient (Wildman–Crippen LogP) is 22.1. The molecule has 2 saturated carbocycles. The molecule has 3 aliphatic heterocycles. The summed E-state index contributed by atoms with van der Waals surface area (Å²) >= 11 is 27.6. The molecule has 15 nitrogen and oxygen atoms in total. The van der Waals surface area contributed by atoms with Gasteiger partial charge in [-0.1, -0.05) is 234 Å². The number of likely N-dealkylation sites (tertiary alicyclic amines) is 3. The molecule has 0 bridgehead atoms. The van der Waals surface area contributed by atoms with Crippen molar-refractivity contribution in [3.63, 3.8) is 0 Å². The highest BCUT2D eigenvalue weighted by Crippen LogP contribution is 2.42. The summed E-state index contributed by atoms with van der Waals surface area (Å²) < 4.78 is 34.6. The number of anilines is 3. The molecule has 2 aliphatic carbocycles. The van der Waals surface area contributed by atoms with Crippen LogP contribution in [0.2, 0.25) is 20.1 Å². The normalized spacial score (nSPS) is 16.7. The van der Waals surface area contributed by atoms with Gasteiger partial charge in [0.05, 0.1) is 40.4 Å². The Labute approximate surface area is 724 Å². The maximum atomic E-state index is 13.5. The van der Waals surface area contributed by atoms with E-state index in [-0.39, 0.29) is 70.1 Å². The first kappa shape index (κ1) is 87.5. The number of nitrogens with one attached hydrogen (secondary N) is 5. The van der Waals surface area contributed by atoms with E-state index in [1.165, 1.54) is 93.3 Å². The number of amides is 3. The molecular formula is C97H98BrCl4F2N9O6. The van der Waals surface area contributed by atoms with E-state index < -0.39 is 17.2 Å². The number of rotatable bonds is 24. The SMILES string of the molecule is CC(=O)c1ccc(-c2ccc(C3(NCC(=O)Nc4ccc(F)c(Cl)c4)CCN(C4CCCC4)CC3)cc2)cc1.CC(=O)c1cccc(-c2ccc(C3(NCC(=O)Nc4ccc(F)c(Cl)c4)CCN(C4CCCC4)CC3)cc2)c1.N#Cc1cccc(-c2ccc(C3(OCC(=O)Nc4cc(Cl)cc(Cl)c4)CCN(Cc4ccccc4Br)CC3)cc2)c1. The molecule has 0 unspecified atom stereocenters. The quantitative estimate of drug-likeness (QED) is 0.0361. The Kier molecular flexibility index (Phi) is 30.0. The van der Waals surface area contributed by atoms with Gasteiger partial charge >= 0.3 is 0 Å². The molecule has 0 radical (unpaired) electrons. The van der Waals surface area contributed by atoms with Crippen molar-refractivity contribution in [3.05, 3.63) is 300 Å². The first-order chi connectivity index (χ1) is 57.5. The zero-order valence-corrected chi connectivity index (χ0v) is 71.5. The van der Waals surface area contributed by atoms with Crippen LogP contribution in [0.25, 0.3) is 33.4 Å². The van der Waals surface area contributed by atoms with Crippen molar-refractivity contribution in [2.45, 2.75) is 139 Å². The Bertz CT molecular complexity index is 5230. The molecule has 15 rings (SSSR count). The molecular weight excluding hydrogens is 1650 g/mol. The number of piperidine rings is 3. The van der Waals surface area contributed by atoms with Crippen LogP contribution in [0.15, 0.2) is 229 Å². The Morgan fingerprint density at radius 3 is 1.35 bits per heavy atom. The molecule has 616 valence electrons. The molecule has 119 heavy (non-hydrogen) atoms. The predicted molar refractivity (Wildman–Crippen MR) is 477 cm³/mol. The van der Waals surface area contributed by atoms with Gasteiger partial charge in [-0.2, -0.15) is 5.26 Å². The van der Waals surface area contributed by atoms with Crippen molar-refractivity contribution in [1.29, 1.82) is 5.26 Å². The number of ether oxygens (including phenoxy) is 1. The zero-order chi connectivity index (χ0) is 83.6. The minimum atomic E-state index is -0.624. The average molecular weight is 1750 g/mol. The Hall–Kier alpha value is -9.30. The Morgan fingerprint density at radius 1 is 0.454 bits per heavy atom. The van der Waals surface area contributed by atoms with Crippen molar-refractivity contribution in [2.24, 2.45) is 0 Å². The third kappa shape index (κ3) is 23.1.